The molecule has 0 aliphatic rings. The molecule has 1 heterocycles. The van der Waals surface area contributed by atoms with Crippen molar-refractivity contribution < 1.29 is 23.6 Å². The quantitative estimate of drug-likeness (QED) is 0.423. The molecule has 0 fully saturated rings. The van der Waals surface area contributed by atoms with Crippen LogP contribution in [0.2, 0.25) is 5.15 Å². The van der Waals surface area contributed by atoms with Gasteiger partial charge in [0.15, 0.2) is 6.61 Å². The average Bonchev–Trinajstić information content (AvgIpc) is 2.87. The van der Waals surface area contributed by atoms with Crippen LogP contribution in [0, 0.1) is 28.8 Å². The SMILES string of the molecule is Cc1nn(CC(C)C)c(Cl)c1C(=O)OCC(=O)Nc1ccc(F)cc1[N+](=O)[O-]. The normalized spacial score (nSPS) is 10.8. The lowest BCUT2D eigenvalue weighted by molar-refractivity contribution is -0.384. The van der Waals surface area contributed by atoms with Gasteiger partial charge >= 0.3 is 5.97 Å². The Morgan fingerprint density at radius 3 is 2.71 bits per heavy atom. The second-order valence-electron chi connectivity index (χ2n) is 6.37. The topological polar surface area (TPSA) is 116 Å². The number of aromatic nitrogens is 2. The van der Waals surface area contributed by atoms with Crippen LogP contribution in [-0.2, 0) is 16.1 Å². The summed E-state index contributed by atoms with van der Waals surface area (Å²) < 4.78 is 19.5. The lowest BCUT2D eigenvalue weighted by Crippen LogP contribution is -2.21. The number of carbonyl (C=O) groups is 2. The van der Waals surface area contributed by atoms with Crippen molar-refractivity contribution >= 4 is 34.9 Å². The average molecular weight is 413 g/mol. The summed E-state index contributed by atoms with van der Waals surface area (Å²) in [6.07, 6.45) is 0. The van der Waals surface area contributed by atoms with Crippen molar-refractivity contribution in [3.8, 4) is 0 Å². The number of nitrogens with zero attached hydrogens (tertiary/aromatic N) is 3. The Labute approximate surface area is 164 Å². The first-order valence-electron chi connectivity index (χ1n) is 8.24. The van der Waals surface area contributed by atoms with Gasteiger partial charge in [-0.25, -0.2) is 9.18 Å². The van der Waals surface area contributed by atoms with Crippen molar-refractivity contribution in [3.63, 3.8) is 0 Å². The van der Waals surface area contributed by atoms with E-state index >= 15 is 0 Å². The molecule has 0 atom stereocenters. The smallest absolute Gasteiger partial charge is 0.343 e. The number of benzene rings is 1. The third-order valence-corrected chi connectivity index (χ3v) is 3.96. The van der Waals surface area contributed by atoms with Gasteiger partial charge in [-0.15, -0.1) is 0 Å². The number of ether oxygens (including phenoxy) is 1. The van der Waals surface area contributed by atoms with E-state index in [2.05, 4.69) is 10.4 Å². The summed E-state index contributed by atoms with van der Waals surface area (Å²) in [6, 6.07) is 2.68. The summed E-state index contributed by atoms with van der Waals surface area (Å²) in [5.41, 5.74) is -0.437. The van der Waals surface area contributed by atoms with Gasteiger partial charge in [-0.2, -0.15) is 5.10 Å². The molecule has 2 rings (SSSR count). The molecule has 1 N–H and O–H groups in total. The van der Waals surface area contributed by atoms with E-state index in [1.54, 1.807) is 6.92 Å². The number of rotatable bonds is 7. The number of aryl methyl sites for hydroxylation is 1. The van der Waals surface area contributed by atoms with E-state index in [1.807, 2.05) is 13.8 Å². The Morgan fingerprint density at radius 1 is 1.43 bits per heavy atom. The Balaban J connectivity index is 2.05. The Kier molecular flexibility index (Phi) is 6.68. The first-order valence-corrected chi connectivity index (χ1v) is 8.61. The van der Waals surface area contributed by atoms with Gasteiger partial charge in [-0.1, -0.05) is 25.4 Å². The minimum absolute atomic E-state index is 0.0443. The van der Waals surface area contributed by atoms with Crippen LogP contribution in [0.15, 0.2) is 18.2 Å². The van der Waals surface area contributed by atoms with Crippen LogP contribution in [0.5, 0.6) is 0 Å². The predicted octanol–water partition coefficient (Wildman–Crippen LogP) is 3.34. The molecule has 0 unspecified atom stereocenters. The van der Waals surface area contributed by atoms with Crippen LogP contribution < -0.4 is 5.32 Å². The molecule has 0 bridgehead atoms. The molecule has 1 amide bonds. The highest BCUT2D eigenvalue weighted by Gasteiger charge is 2.23. The number of hydrogen-bond acceptors (Lipinski definition) is 6. The molecule has 0 saturated carbocycles. The maximum Gasteiger partial charge on any atom is 0.343 e. The van der Waals surface area contributed by atoms with Gasteiger partial charge in [0, 0.05) is 6.54 Å². The number of anilines is 1. The van der Waals surface area contributed by atoms with Crippen molar-refractivity contribution in [1.82, 2.24) is 9.78 Å². The van der Waals surface area contributed by atoms with E-state index in [0.717, 1.165) is 12.1 Å². The van der Waals surface area contributed by atoms with E-state index in [0.29, 0.717) is 18.3 Å². The second-order valence-corrected chi connectivity index (χ2v) is 6.73. The third-order valence-electron chi connectivity index (χ3n) is 3.57. The number of amides is 1. The molecule has 0 aliphatic carbocycles. The number of nitro groups is 1. The van der Waals surface area contributed by atoms with E-state index in [-0.39, 0.29) is 22.3 Å². The van der Waals surface area contributed by atoms with Crippen LogP contribution in [0.3, 0.4) is 0 Å². The highest BCUT2D eigenvalue weighted by atomic mass is 35.5. The van der Waals surface area contributed by atoms with E-state index in [9.17, 15) is 24.1 Å². The number of carbonyl (C=O) groups excluding carboxylic acids is 2. The summed E-state index contributed by atoms with van der Waals surface area (Å²) in [7, 11) is 0. The highest BCUT2D eigenvalue weighted by molar-refractivity contribution is 6.32. The fourth-order valence-corrected chi connectivity index (χ4v) is 2.72. The molecule has 0 spiro atoms. The van der Waals surface area contributed by atoms with Gasteiger partial charge in [0.05, 0.1) is 16.7 Å². The molecular formula is C17H18ClFN4O5. The lowest BCUT2D eigenvalue weighted by atomic mass is 10.2. The Morgan fingerprint density at radius 2 is 2.11 bits per heavy atom. The van der Waals surface area contributed by atoms with Gasteiger partial charge in [-0.3, -0.25) is 19.6 Å². The van der Waals surface area contributed by atoms with E-state index in [1.165, 1.54) is 4.68 Å². The molecule has 0 radical (unpaired) electrons. The first kappa shape index (κ1) is 21.3. The standard InChI is InChI=1S/C17H18ClFN4O5/c1-9(2)7-22-16(18)15(10(3)21-22)17(25)28-8-14(24)20-12-5-4-11(19)6-13(12)23(26)27/h4-6,9H,7-8H2,1-3H3,(H,20,24). The molecule has 11 heteroatoms. The van der Waals surface area contributed by atoms with Gasteiger partial charge in [0.1, 0.15) is 22.2 Å². The van der Waals surface area contributed by atoms with Crippen molar-refractivity contribution in [1.29, 1.82) is 0 Å². The lowest BCUT2D eigenvalue weighted by Gasteiger charge is -2.08. The summed E-state index contributed by atoms with van der Waals surface area (Å²) >= 11 is 6.17. The van der Waals surface area contributed by atoms with Crippen molar-refractivity contribution in [2.24, 2.45) is 5.92 Å². The van der Waals surface area contributed by atoms with E-state index < -0.39 is 34.9 Å². The zero-order valence-electron chi connectivity index (χ0n) is 15.4. The minimum atomic E-state index is -0.846. The number of halogens is 2. The summed E-state index contributed by atoms with van der Waals surface area (Å²) in [4.78, 5) is 34.3. The van der Waals surface area contributed by atoms with Crippen LogP contribution >= 0.6 is 11.6 Å². The molecule has 0 saturated heterocycles. The number of hydrogen-bond donors (Lipinski definition) is 1. The zero-order chi connectivity index (χ0) is 21.0. The van der Waals surface area contributed by atoms with Gasteiger partial charge in [0.25, 0.3) is 11.6 Å². The van der Waals surface area contributed by atoms with Crippen LogP contribution in [0.25, 0.3) is 0 Å². The molecule has 1 aromatic carbocycles. The molecule has 28 heavy (non-hydrogen) atoms. The highest BCUT2D eigenvalue weighted by Crippen LogP contribution is 2.25. The second kappa shape index (κ2) is 8.79. The fraction of sp³-hybridized carbons (Fsp3) is 0.353. The molecule has 2 aromatic rings. The summed E-state index contributed by atoms with van der Waals surface area (Å²) in [6.45, 7) is 5.30. The molecular weight excluding hydrogens is 395 g/mol. The van der Waals surface area contributed by atoms with Crippen molar-refractivity contribution in [2.75, 3.05) is 11.9 Å². The van der Waals surface area contributed by atoms with Crippen LogP contribution in [-0.4, -0.2) is 33.2 Å². The monoisotopic (exact) mass is 412 g/mol. The summed E-state index contributed by atoms with van der Waals surface area (Å²) in [5, 5.41) is 17.4. The van der Waals surface area contributed by atoms with Crippen molar-refractivity contribution in [3.05, 3.63) is 50.5 Å². The van der Waals surface area contributed by atoms with E-state index in [4.69, 9.17) is 16.3 Å². The number of esters is 1. The number of nitrogens with one attached hydrogen (secondary N) is 1. The van der Waals surface area contributed by atoms with Crippen LogP contribution in [0.1, 0.15) is 29.9 Å². The molecule has 0 aliphatic heterocycles. The molecule has 9 nitrogen and oxygen atoms in total. The molecule has 1 aromatic heterocycles. The fourth-order valence-electron chi connectivity index (χ4n) is 2.40. The first-order chi connectivity index (χ1) is 13.1. The predicted molar refractivity (Wildman–Crippen MR) is 98.8 cm³/mol. The minimum Gasteiger partial charge on any atom is -0.452 e. The van der Waals surface area contributed by atoms with Gasteiger partial charge in [-0.05, 0) is 25.0 Å². The zero-order valence-corrected chi connectivity index (χ0v) is 16.1. The maximum atomic E-state index is 13.1. The van der Waals surface area contributed by atoms with Crippen molar-refractivity contribution in [2.45, 2.75) is 27.3 Å². The largest absolute Gasteiger partial charge is 0.452 e. The number of nitro benzene ring substituents is 1. The molecule has 150 valence electrons. The van der Waals surface area contributed by atoms with Gasteiger partial charge < -0.3 is 10.1 Å². The Hall–Kier alpha value is -3.01. The van der Waals surface area contributed by atoms with Crippen LogP contribution in [0.4, 0.5) is 15.8 Å². The summed E-state index contributed by atoms with van der Waals surface area (Å²) in [5.74, 6) is -2.25. The third kappa shape index (κ3) is 5.03. The van der Waals surface area contributed by atoms with Gasteiger partial charge in [0.2, 0.25) is 0 Å². The Bertz CT molecular complexity index is 929. The maximum absolute atomic E-state index is 13.1.